The monoisotopic (exact) mass is 340 g/mol. The lowest BCUT2D eigenvalue weighted by molar-refractivity contribution is 0.0841. The van der Waals surface area contributed by atoms with Gasteiger partial charge in [0.25, 0.3) is 0 Å². The zero-order chi connectivity index (χ0) is 18.1. The molecule has 1 unspecified atom stereocenters. The Labute approximate surface area is 145 Å². The maximum Gasteiger partial charge on any atom is 0.174 e. The van der Waals surface area contributed by atoms with Crippen LogP contribution in [0.3, 0.4) is 0 Å². The second-order valence-electron chi connectivity index (χ2n) is 6.37. The number of carbonyl (C=O) groups excluding carboxylic acids is 1. The number of para-hydroxylation sites is 1. The molecule has 1 atom stereocenters. The summed E-state index contributed by atoms with van der Waals surface area (Å²) in [5.41, 5.74) is 1.92. The number of allylic oxidation sites excluding steroid dienone is 2. The summed E-state index contributed by atoms with van der Waals surface area (Å²) in [7, 11) is 0. The van der Waals surface area contributed by atoms with E-state index < -0.39 is 6.10 Å². The fourth-order valence-electron chi connectivity index (χ4n) is 2.94. The van der Waals surface area contributed by atoms with E-state index >= 15 is 0 Å². The Bertz CT molecular complexity index is 863. The lowest BCUT2D eigenvalue weighted by atomic mass is 9.92. The molecule has 1 heterocycles. The molecule has 0 saturated carbocycles. The van der Waals surface area contributed by atoms with Gasteiger partial charge >= 0.3 is 0 Å². The van der Waals surface area contributed by atoms with E-state index in [4.69, 9.17) is 4.74 Å². The molecule has 1 aliphatic rings. The van der Waals surface area contributed by atoms with Crippen molar-refractivity contribution >= 4 is 5.78 Å². The summed E-state index contributed by atoms with van der Waals surface area (Å²) in [6.45, 7) is 3.83. The van der Waals surface area contributed by atoms with E-state index in [0.717, 1.165) is 5.57 Å². The molecule has 0 saturated heterocycles. The van der Waals surface area contributed by atoms with E-state index in [2.05, 4.69) is 0 Å². The maximum atomic E-state index is 12.6. The number of phenolic OH excluding ortho intramolecular Hbond substituents is 3. The van der Waals surface area contributed by atoms with E-state index in [1.807, 2.05) is 19.9 Å². The highest BCUT2D eigenvalue weighted by Crippen LogP contribution is 2.45. The molecule has 5 heteroatoms. The number of fused-ring (bicyclic) bond motifs is 1. The highest BCUT2D eigenvalue weighted by Gasteiger charge is 2.33. The van der Waals surface area contributed by atoms with E-state index in [9.17, 15) is 20.1 Å². The van der Waals surface area contributed by atoms with Crippen LogP contribution in [0.1, 0.15) is 47.9 Å². The molecule has 2 aromatic carbocycles. The van der Waals surface area contributed by atoms with Crippen LogP contribution in [0.25, 0.3) is 0 Å². The molecule has 5 nitrogen and oxygen atoms in total. The number of rotatable bonds is 3. The van der Waals surface area contributed by atoms with Crippen molar-refractivity contribution in [2.45, 2.75) is 32.8 Å². The van der Waals surface area contributed by atoms with Crippen molar-refractivity contribution in [3.05, 3.63) is 58.7 Å². The van der Waals surface area contributed by atoms with Crippen LogP contribution in [-0.4, -0.2) is 21.1 Å². The first-order valence-electron chi connectivity index (χ1n) is 8.07. The summed E-state index contributed by atoms with van der Waals surface area (Å²) < 4.78 is 5.80. The molecule has 0 fully saturated rings. The first kappa shape index (κ1) is 16.9. The second-order valence-corrected chi connectivity index (χ2v) is 6.37. The summed E-state index contributed by atoms with van der Waals surface area (Å²) in [6.07, 6.45) is 1.53. The predicted molar refractivity (Wildman–Crippen MR) is 93.3 cm³/mol. The molecule has 0 radical (unpaired) electrons. The molecule has 0 bridgehead atoms. The molecular weight excluding hydrogens is 320 g/mol. The number of ketones is 1. The van der Waals surface area contributed by atoms with Gasteiger partial charge in [-0.05, 0) is 26.3 Å². The molecular formula is C20H20O5. The molecule has 130 valence electrons. The van der Waals surface area contributed by atoms with Gasteiger partial charge in [-0.2, -0.15) is 0 Å². The number of hydrogen-bond acceptors (Lipinski definition) is 5. The van der Waals surface area contributed by atoms with Gasteiger partial charge in [-0.25, -0.2) is 0 Å². The van der Waals surface area contributed by atoms with Gasteiger partial charge in [0.15, 0.2) is 5.78 Å². The average Bonchev–Trinajstić information content (AvgIpc) is 2.53. The van der Waals surface area contributed by atoms with Crippen LogP contribution in [0.4, 0.5) is 0 Å². The fourth-order valence-corrected chi connectivity index (χ4v) is 2.94. The van der Waals surface area contributed by atoms with E-state index in [0.29, 0.717) is 17.5 Å². The lowest BCUT2D eigenvalue weighted by Gasteiger charge is -2.27. The minimum atomic E-state index is -0.663. The summed E-state index contributed by atoms with van der Waals surface area (Å²) in [4.78, 5) is 12.6. The van der Waals surface area contributed by atoms with E-state index in [-0.39, 0.29) is 40.8 Å². The Balaban J connectivity index is 2.02. The van der Waals surface area contributed by atoms with Crippen molar-refractivity contribution in [3.63, 3.8) is 0 Å². The van der Waals surface area contributed by atoms with Crippen molar-refractivity contribution in [2.24, 2.45) is 0 Å². The molecule has 0 spiro atoms. The molecule has 1 aliphatic heterocycles. The van der Waals surface area contributed by atoms with Crippen LogP contribution in [0.15, 0.2) is 42.0 Å². The number of benzene rings is 2. The Morgan fingerprint density at radius 2 is 1.92 bits per heavy atom. The zero-order valence-electron chi connectivity index (χ0n) is 14.1. The van der Waals surface area contributed by atoms with Crippen molar-refractivity contribution in [1.29, 1.82) is 0 Å². The number of phenols is 3. The smallest absolute Gasteiger partial charge is 0.174 e. The number of Topliss-reactive ketones (excluding diaryl/α,β-unsaturated/α-hetero) is 1. The summed E-state index contributed by atoms with van der Waals surface area (Å²) in [6, 6.07) is 7.99. The Morgan fingerprint density at radius 3 is 2.60 bits per heavy atom. The first-order valence-corrected chi connectivity index (χ1v) is 8.07. The van der Waals surface area contributed by atoms with Crippen molar-refractivity contribution < 1.29 is 24.9 Å². The van der Waals surface area contributed by atoms with Gasteiger partial charge in [-0.15, -0.1) is 0 Å². The van der Waals surface area contributed by atoms with Gasteiger partial charge in [0, 0.05) is 17.2 Å². The predicted octanol–water partition coefficient (Wildman–Crippen LogP) is 4.02. The molecule has 25 heavy (non-hydrogen) atoms. The molecule has 0 aromatic heterocycles. The molecule has 0 amide bonds. The quantitative estimate of drug-likeness (QED) is 0.735. The summed E-state index contributed by atoms with van der Waals surface area (Å²) >= 11 is 0. The first-order chi connectivity index (χ1) is 11.9. The standard InChI is InChI=1S/C20H20O5/c1-11(2)7-8-13-15(22)9-18-19(20(13)24)16(23)10-17(25-18)12-5-3-4-6-14(12)21/h3-7,9,17,21-22,24H,8,10H2,1-2H3. The second kappa shape index (κ2) is 6.51. The minimum absolute atomic E-state index is 0.00495. The van der Waals surface area contributed by atoms with Crippen LogP contribution in [-0.2, 0) is 6.42 Å². The fraction of sp³-hybridized carbons (Fsp3) is 0.250. The van der Waals surface area contributed by atoms with Gasteiger partial charge in [0.1, 0.15) is 34.7 Å². The van der Waals surface area contributed by atoms with Gasteiger partial charge < -0.3 is 20.1 Å². The molecule has 2 aromatic rings. The summed E-state index contributed by atoms with van der Waals surface area (Å²) in [5, 5.41) is 30.7. The number of carbonyl (C=O) groups is 1. The highest BCUT2D eigenvalue weighted by atomic mass is 16.5. The van der Waals surface area contributed by atoms with Crippen LogP contribution < -0.4 is 4.74 Å². The molecule has 0 aliphatic carbocycles. The topological polar surface area (TPSA) is 87.0 Å². The zero-order valence-corrected chi connectivity index (χ0v) is 14.1. The van der Waals surface area contributed by atoms with Crippen LogP contribution in [0.2, 0.25) is 0 Å². The normalized spacial score (nSPS) is 16.1. The molecule has 3 rings (SSSR count). The Morgan fingerprint density at radius 1 is 1.20 bits per heavy atom. The number of ether oxygens (including phenoxy) is 1. The van der Waals surface area contributed by atoms with Crippen molar-refractivity contribution in [3.8, 4) is 23.0 Å². The van der Waals surface area contributed by atoms with E-state index in [1.54, 1.807) is 18.2 Å². The lowest BCUT2D eigenvalue weighted by Crippen LogP contribution is -2.21. The largest absolute Gasteiger partial charge is 0.508 e. The van der Waals surface area contributed by atoms with Gasteiger partial charge in [-0.3, -0.25) is 4.79 Å². The van der Waals surface area contributed by atoms with Crippen LogP contribution >= 0.6 is 0 Å². The van der Waals surface area contributed by atoms with Gasteiger partial charge in [0.2, 0.25) is 0 Å². The van der Waals surface area contributed by atoms with E-state index in [1.165, 1.54) is 12.1 Å². The summed E-state index contributed by atoms with van der Waals surface area (Å²) in [5.74, 6) is -0.490. The van der Waals surface area contributed by atoms with Crippen LogP contribution in [0.5, 0.6) is 23.0 Å². The Kier molecular flexibility index (Phi) is 4.40. The third-order valence-electron chi connectivity index (χ3n) is 4.26. The third-order valence-corrected chi connectivity index (χ3v) is 4.26. The third kappa shape index (κ3) is 3.18. The Hall–Kier alpha value is -2.95. The molecule has 3 N–H and O–H groups in total. The van der Waals surface area contributed by atoms with Crippen molar-refractivity contribution in [1.82, 2.24) is 0 Å². The maximum absolute atomic E-state index is 12.6. The van der Waals surface area contributed by atoms with Crippen molar-refractivity contribution in [2.75, 3.05) is 0 Å². The number of aromatic hydroxyl groups is 3. The van der Waals surface area contributed by atoms with Crippen LogP contribution in [0, 0.1) is 0 Å². The van der Waals surface area contributed by atoms with Gasteiger partial charge in [-0.1, -0.05) is 29.8 Å². The minimum Gasteiger partial charge on any atom is -0.508 e. The SMILES string of the molecule is CC(C)=CCc1c(O)cc2c(c1O)C(=O)CC(c1ccccc1O)O2. The van der Waals surface area contributed by atoms with Gasteiger partial charge in [0.05, 0.1) is 6.42 Å². The average molecular weight is 340 g/mol. The number of hydrogen-bond donors (Lipinski definition) is 3. The highest BCUT2D eigenvalue weighted by molar-refractivity contribution is 6.03.